The Balaban J connectivity index is 1.70. The number of sulfonamides is 1. The SMILES string of the molecule is CCN1CCN(c2ccc(NS(=O)(=O)c3ccc(C)c(C)c3)nc2)CC1. The summed E-state index contributed by atoms with van der Waals surface area (Å²) < 4.78 is 27.7. The molecule has 3 rings (SSSR count). The van der Waals surface area contributed by atoms with Crippen LogP contribution in [-0.4, -0.2) is 51.0 Å². The van der Waals surface area contributed by atoms with E-state index in [9.17, 15) is 8.42 Å². The molecule has 0 radical (unpaired) electrons. The zero-order valence-electron chi connectivity index (χ0n) is 15.6. The number of nitrogens with zero attached hydrogens (tertiary/aromatic N) is 3. The van der Waals surface area contributed by atoms with Gasteiger partial charge in [-0.15, -0.1) is 0 Å². The van der Waals surface area contributed by atoms with Crippen molar-refractivity contribution in [3.05, 3.63) is 47.7 Å². The number of hydrogen-bond acceptors (Lipinski definition) is 5. The standard InChI is InChI=1S/C19H26N4O2S/c1-4-22-9-11-23(12-10-22)17-6-8-19(20-14-17)21-26(24,25)18-7-5-15(2)16(3)13-18/h5-8,13-14H,4,9-12H2,1-3H3,(H,20,21). The number of anilines is 2. The van der Waals surface area contributed by atoms with Gasteiger partial charge in [0, 0.05) is 26.2 Å². The van der Waals surface area contributed by atoms with Crippen molar-refractivity contribution in [2.24, 2.45) is 0 Å². The van der Waals surface area contributed by atoms with Crippen molar-refractivity contribution in [3.8, 4) is 0 Å². The molecule has 1 N–H and O–H groups in total. The van der Waals surface area contributed by atoms with Crippen LogP contribution in [0.3, 0.4) is 0 Å². The van der Waals surface area contributed by atoms with Gasteiger partial charge in [0.1, 0.15) is 5.82 Å². The van der Waals surface area contributed by atoms with Crippen LogP contribution in [0.15, 0.2) is 41.4 Å². The Kier molecular flexibility index (Phi) is 5.48. The van der Waals surface area contributed by atoms with Crippen LogP contribution in [0.5, 0.6) is 0 Å². The highest BCUT2D eigenvalue weighted by Gasteiger charge is 2.18. The van der Waals surface area contributed by atoms with Crippen molar-refractivity contribution in [2.45, 2.75) is 25.7 Å². The fraction of sp³-hybridized carbons (Fsp3) is 0.421. The van der Waals surface area contributed by atoms with E-state index in [1.807, 2.05) is 26.0 Å². The second kappa shape index (κ2) is 7.63. The van der Waals surface area contributed by atoms with Gasteiger partial charge in [-0.2, -0.15) is 0 Å². The van der Waals surface area contributed by atoms with Crippen molar-refractivity contribution in [2.75, 3.05) is 42.3 Å². The van der Waals surface area contributed by atoms with Crippen molar-refractivity contribution >= 4 is 21.5 Å². The lowest BCUT2D eigenvalue weighted by Gasteiger charge is -2.35. The van der Waals surface area contributed by atoms with E-state index >= 15 is 0 Å². The van der Waals surface area contributed by atoms with Gasteiger partial charge in [-0.1, -0.05) is 13.0 Å². The molecule has 7 heteroatoms. The summed E-state index contributed by atoms with van der Waals surface area (Å²) in [6.45, 7) is 11.1. The van der Waals surface area contributed by atoms with Crippen molar-refractivity contribution in [1.82, 2.24) is 9.88 Å². The Morgan fingerprint density at radius 1 is 1.04 bits per heavy atom. The van der Waals surface area contributed by atoms with Crippen molar-refractivity contribution in [3.63, 3.8) is 0 Å². The number of rotatable bonds is 5. The van der Waals surface area contributed by atoms with Crippen LogP contribution in [0.2, 0.25) is 0 Å². The summed E-state index contributed by atoms with van der Waals surface area (Å²) in [5.74, 6) is 0.333. The minimum Gasteiger partial charge on any atom is -0.368 e. The second-order valence-electron chi connectivity index (χ2n) is 6.67. The number of benzene rings is 1. The van der Waals surface area contributed by atoms with Crippen LogP contribution in [0.1, 0.15) is 18.1 Å². The summed E-state index contributed by atoms with van der Waals surface area (Å²) in [5.41, 5.74) is 3.03. The third-order valence-corrected chi connectivity index (χ3v) is 6.31. The summed E-state index contributed by atoms with van der Waals surface area (Å²) in [5, 5.41) is 0. The van der Waals surface area contributed by atoms with Crippen LogP contribution in [0.4, 0.5) is 11.5 Å². The highest BCUT2D eigenvalue weighted by atomic mass is 32.2. The fourth-order valence-electron chi connectivity index (χ4n) is 3.03. The first-order chi connectivity index (χ1) is 12.4. The molecule has 1 fully saturated rings. The number of pyridine rings is 1. The molecule has 1 aliphatic heterocycles. The van der Waals surface area contributed by atoms with Crippen LogP contribution in [-0.2, 0) is 10.0 Å². The van der Waals surface area contributed by atoms with E-state index in [2.05, 4.69) is 26.4 Å². The van der Waals surface area contributed by atoms with Gasteiger partial charge >= 0.3 is 0 Å². The molecule has 140 valence electrons. The molecule has 26 heavy (non-hydrogen) atoms. The highest BCUT2D eigenvalue weighted by Crippen LogP contribution is 2.20. The van der Waals surface area contributed by atoms with Crippen LogP contribution >= 0.6 is 0 Å². The Bertz CT molecular complexity index is 858. The first-order valence-corrected chi connectivity index (χ1v) is 10.4. The highest BCUT2D eigenvalue weighted by molar-refractivity contribution is 7.92. The summed E-state index contributed by atoms with van der Waals surface area (Å²) in [6.07, 6.45) is 1.74. The second-order valence-corrected chi connectivity index (χ2v) is 8.36. The van der Waals surface area contributed by atoms with Gasteiger partial charge < -0.3 is 9.80 Å². The average molecular weight is 375 g/mol. The number of aromatic nitrogens is 1. The zero-order chi connectivity index (χ0) is 18.7. The molecule has 0 atom stereocenters. The molecule has 1 aromatic heterocycles. The number of nitrogens with one attached hydrogen (secondary N) is 1. The molecular formula is C19H26N4O2S. The monoisotopic (exact) mass is 374 g/mol. The van der Waals surface area contributed by atoms with Crippen molar-refractivity contribution in [1.29, 1.82) is 0 Å². The topological polar surface area (TPSA) is 65.5 Å². The molecule has 1 aliphatic rings. The lowest BCUT2D eigenvalue weighted by atomic mass is 10.1. The molecule has 6 nitrogen and oxygen atoms in total. The van der Waals surface area contributed by atoms with E-state index in [-0.39, 0.29) is 4.90 Å². The minimum absolute atomic E-state index is 0.252. The third kappa shape index (κ3) is 4.16. The maximum absolute atomic E-state index is 12.6. The Morgan fingerprint density at radius 3 is 2.35 bits per heavy atom. The number of aryl methyl sites for hydroxylation is 2. The van der Waals surface area contributed by atoms with Gasteiger partial charge in [0.2, 0.25) is 0 Å². The summed E-state index contributed by atoms with van der Waals surface area (Å²) in [6, 6.07) is 8.76. The van der Waals surface area contributed by atoms with E-state index in [1.54, 1.807) is 24.4 Å². The average Bonchev–Trinajstić information content (AvgIpc) is 2.64. The van der Waals surface area contributed by atoms with E-state index in [1.165, 1.54) is 0 Å². The largest absolute Gasteiger partial charge is 0.368 e. The number of likely N-dealkylation sites (N-methyl/N-ethyl adjacent to an activating group) is 1. The molecule has 2 aromatic rings. The van der Waals surface area contributed by atoms with Gasteiger partial charge in [-0.25, -0.2) is 13.4 Å². The van der Waals surface area contributed by atoms with Gasteiger partial charge in [-0.05, 0) is 55.8 Å². The molecule has 0 amide bonds. The molecule has 1 saturated heterocycles. The van der Waals surface area contributed by atoms with Crippen LogP contribution in [0, 0.1) is 13.8 Å². The quantitative estimate of drug-likeness (QED) is 0.872. The lowest BCUT2D eigenvalue weighted by Crippen LogP contribution is -2.46. The number of hydrogen-bond donors (Lipinski definition) is 1. The Hall–Kier alpha value is -2.12. The first-order valence-electron chi connectivity index (χ1n) is 8.92. The minimum atomic E-state index is -3.63. The van der Waals surface area contributed by atoms with Gasteiger partial charge in [-0.3, -0.25) is 4.72 Å². The van der Waals surface area contributed by atoms with Gasteiger partial charge in [0.25, 0.3) is 10.0 Å². The zero-order valence-corrected chi connectivity index (χ0v) is 16.4. The normalized spacial score (nSPS) is 15.9. The lowest BCUT2D eigenvalue weighted by molar-refractivity contribution is 0.271. The molecule has 1 aromatic carbocycles. The smallest absolute Gasteiger partial charge is 0.263 e. The molecule has 0 aliphatic carbocycles. The van der Waals surface area contributed by atoms with E-state index in [0.717, 1.165) is 49.5 Å². The van der Waals surface area contributed by atoms with Crippen molar-refractivity contribution < 1.29 is 8.42 Å². The Morgan fingerprint density at radius 2 is 1.77 bits per heavy atom. The first kappa shape index (κ1) is 18.7. The molecule has 0 saturated carbocycles. The Labute approximate surface area is 155 Å². The van der Waals surface area contributed by atoms with Crippen LogP contribution in [0.25, 0.3) is 0 Å². The summed E-state index contributed by atoms with van der Waals surface area (Å²) in [4.78, 5) is 9.24. The third-order valence-electron chi connectivity index (χ3n) is 4.96. The van der Waals surface area contributed by atoms with Crippen LogP contribution < -0.4 is 9.62 Å². The molecule has 0 bridgehead atoms. The van der Waals surface area contributed by atoms with Gasteiger partial charge in [0.05, 0.1) is 16.8 Å². The van der Waals surface area contributed by atoms with Gasteiger partial charge in [0.15, 0.2) is 0 Å². The number of piperazine rings is 1. The molecule has 2 heterocycles. The predicted molar refractivity (Wildman–Crippen MR) is 105 cm³/mol. The molecule has 0 spiro atoms. The summed E-state index contributed by atoms with van der Waals surface area (Å²) >= 11 is 0. The maximum Gasteiger partial charge on any atom is 0.263 e. The summed E-state index contributed by atoms with van der Waals surface area (Å²) in [7, 11) is -3.63. The van der Waals surface area contributed by atoms with E-state index < -0.39 is 10.0 Å². The van der Waals surface area contributed by atoms with E-state index in [0.29, 0.717) is 5.82 Å². The fourth-order valence-corrected chi connectivity index (χ4v) is 4.13. The van der Waals surface area contributed by atoms with E-state index in [4.69, 9.17) is 0 Å². The molecular weight excluding hydrogens is 348 g/mol. The predicted octanol–water partition coefficient (Wildman–Crippen LogP) is 2.64. The maximum atomic E-state index is 12.6. The molecule has 0 unspecified atom stereocenters.